The van der Waals surface area contributed by atoms with Gasteiger partial charge in [-0.2, -0.15) is 5.10 Å². The first-order valence-electron chi connectivity index (χ1n) is 5.89. The number of hydrogen-bond acceptors (Lipinski definition) is 5. The molecule has 2 heterocycles. The number of aromatic nitrogens is 2. The van der Waals surface area contributed by atoms with Crippen LogP contribution in [-0.2, 0) is 9.84 Å². The molecule has 3 rings (SSSR count). The SMILES string of the molecule is Cc1c(S(=O)(=O)c2ccc(=O)[nH]n2)oc2ccc(Cl)cc12.[Na]. The van der Waals surface area contributed by atoms with Gasteiger partial charge in [0.2, 0.25) is 5.09 Å². The molecule has 0 saturated heterocycles. The van der Waals surface area contributed by atoms with Gasteiger partial charge < -0.3 is 4.42 Å². The molecule has 2 aromatic heterocycles. The van der Waals surface area contributed by atoms with Crippen molar-refractivity contribution < 1.29 is 12.8 Å². The minimum absolute atomic E-state index is 0. The maximum Gasteiger partial charge on any atom is 0.264 e. The Bertz CT molecular complexity index is 990. The Kier molecular flexibility index (Phi) is 4.84. The van der Waals surface area contributed by atoms with E-state index in [9.17, 15) is 13.2 Å². The van der Waals surface area contributed by atoms with Crippen molar-refractivity contribution in [3.63, 3.8) is 0 Å². The Morgan fingerprint density at radius 1 is 1.23 bits per heavy atom. The largest absolute Gasteiger partial charge is 0.444 e. The van der Waals surface area contributed by atoms with Crippen molar-refractivity contribution in [2.24, 2.45) is 0 Å². The van der Waals surface area contributed by atoms with Crippen LogP contribution in [0.25, 0.3) is 11.0 Å². The molecule has 0 amide bonds. The molecular weight excluding hydrogens is 339 g/mol. The molecule has 0 aliphatic heterocycles. The van der Waals surface area contributed by atoms with Gasteiger partial charge in [-0.1, -0.05) is 11.6 Å². The maximum atomic E-state index is 12.5. The molecule has 0 unspecified atom stereocenters. The molecule has 9 heteroatoms. The summed E-state index contributed by atoms with van der Waals surface area (Å²) in [6.45, 7) is 1.63. The van der Waals surface area contributed by atoms with Crippen LogP contribution in [0.4, 0.5) is 0 Å². The molecule has 6 nitrogen and oxygen atoms in total. The number of sulfone groups is 1. The van der Waals surface area contributed by atoms with Crippen molar-refractivity contribution in [1.29, 1.82) is 0 Å². The van der Waals surface area contributed by atoms with Crippen LogP contribution in [0, 0.1) is 6.92 Å². The molecule has 1 N–H and O–H groups in total. The number of hydrogen-bond donors (Lipinski definition) is 1. The number of aryl methyl sites for hydroxylation is 1. The Balaban J connectivity index is 0.00000176. The molecule has 1 radical (unpaired) electrons. The van der Waals surface area contributed by atoms with Gasteiger partial charge in [-0.15, -0.1) is 0 Å². The first-order valence-corrected chi connectivity index (χ1v) is 7.75. The minimum atomic E-state index is -3.95. The van der Waals surface area contributed by atoms with E-state index in [1.807, 2.05) is 0 Å². The van der Waals surface area contributed by atoms with E-state index >= 15 is 0 Å². The number of aromatic amines is 1. The molecule has 0 fully saturated rings. The molecule has 109 valence electrons. The van der Waals surface area contributed by atoms with Gasteiger partial charge in [-0.05, 0) is 31.2 Å². The quantitative estimate of drug-likeness (QED) is 0.715. The second kappa shape index (κ2) is 6.17. The smallest absolute Gasteiger partial charge is 0.264 e. The van der Waals surface area contributed by atoms with Gasteiger partial charge in [0.15, 0.2) is 5.03 Å². The topological polar surface area (TPSA) is 93.0 Å². The molecule has 22 heavy (non-hydrogen) atoms. The van der Waals surface area contributed by atoms with E-state index in [0.29, 0.717) is 21.6 Å². The first-order chi connectivity index (χ1) is 9.89. The summed E-state index contributed by atoms with van der Waals surface area (Å²) in [4.78, 5) is 11.0. The molecule has 0 aliphatic carbocycles. The van der Waals surface area contributed by atoms with Crippen LogP contribution in [0.15, 0.2) is 49.7 Å². The second-order valence-corrected chi connectivity index (χ2v) is 6.65. The van der Waals surface area contributed by atoms with Gasteiger partial charge in [0, 0.05) is 51.6 Å². The average molecular weight is 348 g/mol. The summed E-state index contributed by atoms with van der Waals surface area (Å²) in [5.41, 5.74) is 0.377. The van der Waals surface area contributed by atoms with Crippen LogP contribution >= 0.6 is 11.6 Å². The van der Waals surface area contributed by atoms with E-state index in [1.165, 1.54) is 0 Å². The van der Waals surface area contributed by atoms with Crippen LogP contribution < -0.4 is 5.56 Å². The fraction of sp³-hybridized carbons (Fsp3) is 0.0769. The van der Waals surface area contributed by atoms with Gasteiger partial charge in [0.05, 0.1) is 0 Å². The number of halogens is 1. The molecule has 0 aliphatic rings. The van der Waals surface area contributed by atoms with Gasteiger partial charge in [-0.3, -0.25) is 4.79 Å². The minimum Gasteiger partial charge on any atom is -0.444 e. The fourth-order valence-corrected chi connectivity index (χ4v) is 3.49. The van der Waals surface area contributed by atoms with E-state index in [0.717, 1.165) is 12.1 Å². The molecule has 0 atom stereocenters. The number of benzene rings is 1. The van der Waals surface area contributed by atoms with Crippen LogP contribution in [-0.4, -0.2) is 48.2 Å². The third-order valence-corrected chi connectivity index (χ3v) is 4.92. The summed E-state index contributed by atoms with van der Waals surface area (Å²) in [5.74, 6) is 0. The zero-order valence-corrected chi connectivity index (χ0v) is 15.3. The number of nitrogens with zero attached hydrogens (tertiary/aromatic N) is 1. The van der Waals surface area contributed by atoms with Crippen molar-refractivity contribution in [3.05, 3.63) is 51.3 Å². The van der Waals surface area contributed by atoms with Crippen LogP contribution in [0.3, 0.4) is 0 Å². The molecule has 0 spiro atoms. The van der Waals surface area contributed by atoms with Crippen LogP contribution in [0.1, 0.15) is 5.56 Å². The van der Waals surface area contributed by atoms with Gasteiger partial charge in [0.1, 0.15) is 5.58 Å². The molecular formula is C13H9ClN2NaO4S. The van der Waals surface area contributed by atoms with Gasteiger partial charge in [-0.25, -0.2) is 13.5 Å². The third kappa shape index (κ3) is 2.87. The summed E-state index contributed by atoms with van der Waals surface area (Å²) in [7, 11) is -3.95. The summed E-state index contributed by atoms with van der Waals surface area (Å²) < 4.78 is 30.4. The van der Waals surface area contributed by atoms with Crippen molar-refractivity contribution >= 4 is 62.0 Å². The van der Waals surface area contributed by atoms with Crippen molar-refractivity contribution in [1.82, 2.24) is 10.2 Å². The van der Waals surface area contributed by atoms with Gasteiger partial charge >= 0.3 is 0 Å². The zero-order valence-electron chi connectivity index (χ0n) is 11.8. The normalized spacial score (nSPS) is 11.4. The second-order valence-electron chi connectivity index (χ2n) is 4.42. The van der Waals surface area contributed by atoms with E-state index in [-0.39, 0.29) is 39.7 Å². The van der Waals surface area contributed by atoms with Gasteiger partial charge in [0.25, 0.3) is 15.4 Å². The average Bonchev–Trinajstić information content (AvgIpc) is 2.77. The molecule has 3 aromatic rings. The predicted octanol–water partition coefficient (Wildman–Crippen LogP) is 1.93. The Morgan fingerprint density at radius 2 is 1.95 bits per heavy atom. The standard InChI is InChI=1S/C13H9ClN2O4S.Na/c1-7-9-6-8(14)2-3-10(9)20-13(7)21(18,19)12-5-4-11(17)15-16-12;/h2-6H,1H3,(H,15,17);. The molecule has 0 bridgehead atoms. The van der Waals surface area contributed by atoms with E-state index < -0.39 is 15.4 Å². The van der Waals surface area contributed by atoms with Crippen molar-refractivity contribution in [2.75, 3.05) is 0 Å². The van der Waals surface area contributed by atoms with Crippen molar-refractivity contribution in [3.8, 4) is 0 Å². The Hall–Kier alpha value is -1.12. The maximum absolute atomic E-state index is 12.5. The van der Waals surface area contributed by atoms with Crippen molar-refractivity contribution in [2.45, 2.75) is 17.0 Å². The van der Waals surface area contributed by atoms with Crippen LogP contribution in [0.5, 0.6) is 0 Å². The number of fused-ring (bicyclic) bond motifs is 1. The summed E-state index contributed by atoms with van der Waals surface area (Å²) >= 11 is 5.91. The van der Waals surface area contributed by atoms with Crippen LogP contribution in [0.2, 0.25) is 5.02 Å². The summed E-state index contributed by atoms with van der Waals surface area (Å²) in [6, 6.07) is 7.07. The van der Waals surface area contributed by atoms with E-state index in [2.05, 4.69) is 10.2 Å². The molecule has 1 aromatic carbocycles. The zero-order chi connectivity index (χ0) is 15.2. The summed E-state index contributed by atoms with van der Waals surface area (Å²) in [5, 5.41) is 6.24. The first kappa shape index (κ1) is 17.2. The number of H-pyrrole nitrogens is 1. The van der Waals surface area contributed by atoms with E-state index in [4.69, 9.17) is 16.0 Å². The molecule has 0 saturated carbocycles. The summed E-state index contributed by atoms with van der Waals surface area (Å²) in [6.07, 6.45) is 0. The van der Waals surface area contributed by atoms with E-state index in [1.54, 1.807) is 25.1 Å². The Labute approximate surface area is 152 Å². The monoisotopic (exact) mass is 347 g/mol. The number of rotatable bonds is 2. The Morgan fingerprint density at radius 3 is 2.59 bits per heavy atom. The third-order valence-electron chi connectivity index (χ3n) is 3.03. The number of nitrogens with one attached hydrogen (secondary N) is 1. The predicted molar refractivity (Wildman–Crippen MR) is 82.0 cm³/mol. The number of furan rings is 1. The fourth-order valence-electron chi connectivity index (χ4n) is 2.00.